The maximum atomic E-state index is 8.71. The van der Waals surface area contributed by atoms with Crippen LogP contribution < -0.4 is 4.90 Å². The van der Waals surface area contributed by atoms with Gasteiger partial charge in [0.15, 0.2) is 0 Å². The first-order valence-electron chi connectivity index (χ1n) is 7.83. The van der Waals surface area contributed by atoms with Crippen LogP contribution in [-0.4, -0.2) is 50.7 Å². The molecule has 0 saturated carbocycles. The summed E-state index contributed by atoms with van der Waals surface area (Å²) in [4.78, 5) is 2.31. The molecule has 4 heteroatoms. The highest BCUT2D eigenvalue weighted by molar-refractivity contribution is 5.48. The predicted molar refractivity (Wildman–Crippen MR) is 87.0 cm³/mol. The molecule has 1 N–H and O–H groups in total. The van der Waals surface area contributed by atoms with Crippen molar-refractivity contribution in [2.45, 2.75) is 33.3 Å². The minimum absolute atomic E-state index is 0.0629. The molecule has 4 nitrogen and oxygen atoms in total. The van der Waals surface area contributed by atoms with Gasteiger partial charge in [0.25, 0.3) is 0 Å². The van der Waals surface area contributed by atoms with Gasteiger partial charge in [-0.05, 0) is 38.0 Å². The summed E-state index contributed by atoms with van der Waals surface area (Å²) in [6.07, 6.45) is 1.02. The molecule has 0 radical (unpaired) electrons. The average molecular weight is 295 g/mol. The fourth-order valence-corrected chi connectivity index (χ4v) is 2.19. The standard InChI is InChI=1S/C17H29NO3/c1-4-17(14-20-12-10-19)21-11-9-18(5-2)16-8-6-7-15(3)13-16/h6-8,13,17,19H,4-5,9-12,14H2,1-3H3. The average Bonchev–Trinajstić information content (AvgIpc) is 2.50. The zero-order valence-electron chi connectivity index (χ0n) is 13.5. The lowest BCUT2D eigenvalue weighted by Gasteiger charge is -2.25. The smallest absolute Gasteiger partial charge is 0.0806 e. The van der Waals surface area contributed by atoms with E-state index in [1.807, 2.05) is 0 Å². The van der Waals surface area contributed by atoms with E-state index < -0.39 is 0 Å². The molecular formula is C17H29NO3. The largest absolute Gasteiger partial charge is 0.394 e. The molecule has 0 aliphatic carbocycles. The SMILES string of the molecule is CCC(COCCO)OCCN(CC)c1cccc(C)c1. The fourth-order valence-electron chi connectivity index (χ4n) is 2.19. The van der Waals surface area contributed by atoms with Crippen molar-refractivity contribution < 1.29 is 14.6 Å². The first-order valence-corrected chi connectivity index (χ1v) is 7.83. The van der Waals surface area contributed by atoms with E-state index >= 15 is 0 Å². The summed E-state index contributed by atoms with van der Waals surface area (Å²) < 4.78 is 11.2. The van der Waals surface area contributed by atoms with Crippen LogP contribution in [0.3, 0.4) is 0 Å². The lowest BCUT2D eigenvalue weighted by atomic mass is 10.2. The summed E-state index contributed by atoms with van der Waals surface area (Å²) in [5.74, 6) is 0. The molecule has 0 saturated heterocycles. The Labute approximate surface area is 128 Å². The number of hydrogen-bond acceptors (Lipinski definition) is 4. The number of nitrogens with zero attached hydrogens (tertiary/aromatic N) is 1. The Bertz CT molecular complexity index is 384. The van der Waals surface area contributed by atoms with Crippen LogP contribution in [0, 0.1) is 6.92 Å². The van der Waals surface area contributed by atoms with Crippen LogP contribution in [-0.2, 0) is 9.47 Å². The molecule has 0 amide bonds. The second kappa shape index (κ2) is 10.6. The second-order valence-corrected chi connectivity index (χ2v) is 5.12. The summed E-state index contributed by atoms with van der Waals surface area (Å²) in [6, 6.07) is 8.54. The van der Waals surface area contributed by atoms with Gasteiger partial charge in [-0.25, -0.2) is 0 Å². The van der Waals surface area contributed by atoms with Crippen LogP contribution in [0.1, 0.15) is 25.8 Å². The Balaban J connectivity index is 2.37. The van der Waals surface area contributed by atoms with Crippen LogP contribution in [0.25, 0.3) is 0 Å². The molecule has 0 aromatic heterocycles. The van der Waals surface area contributed by atoms with Crippen LogP contribution >= 0.6 is 0 Å². The molecule has 1 aromatic carbocycles. The molecule has 0 aliphatic rings. The van der Waals surface area contributed by atoms with Crippen molar-refractivity contribution in [3.8, 4) is 0 Å². The number of likely N-dealkylation sites (N-methyl/N-ethyl adjacent to an activating group) is 1. The molecule has 21 heavy (non-hydrogen) atoms. The summed E-state index contributed by atoms with van der Waals surface area (Å²) in [6.45, 7) is 9.86. The van der Waals surface area contributed by atoms with Gasteiger partial charge >= 0.3 is 0 Å². The van der Waals surface area contributed by atoms with E-state index in [-0.39, 0.29) is 12.7 Å². The molecule has 0 spiro atoms. The highest BCUT2D eigenvalue weighted by Gasteiger charge is 2.09. The van der Waals surface area contributed by atoms with Crippen molar-refractivity contribution in [2.75, 3.05) is 44.4 Å². The maximum Gasteiger partial charge on any atom is 0.0806 e. The molecule has 120 valence electrons. The summed E-state index contributed by atoms with van der Waals surface area (Å²) in [5, 5.41) is 8.71. The van der Waals surface area contributed by atoms with Gasteiger partial charge in [-0.3, -0.25) is 0 Å². The number of benzene rings is 1. The van der Waals surface area contributed by atoms with E-state index in [1.165, 1.54) is 11.3 Å². The lowest BCUT2D eigenvalue weighted by molar-refractivity contribution is -0.0226. The first kappa shape index (κ1) is 18.0. The van der Waals surface area contributed by atoms with Gasteiger partial charge in [-0.2, -0.15) is 0 Å². The molecule has 0 aliphatic heterocycles. The summed E-state index contributed by atoms with van der Waals surface area (Å²) in [5.41, 5.74) is 2.52. The Hall–Kier alpha value is -1.10. The van der Waals surface area contributed by atoms with E-state index in [1.54, 1.807) is 0 Å². The third kappa shape index (κ3) is 6.93. The molecule has 1 rings (SSSR count). The third-order valence-corrected chi connectivity index (χ3v) is 3.46. The van der Waals surface area contributed by atoms with Crippen molar-refractivity contribution in [1.29, 1.82) is 0 Å². The van der Waals surface area contributed by atoms with Gasteiger partial charge in [0, 0.05) is 18.8 Å². The zero-order chi connectivity index (χ0) is 15.5. The van der Waals surface area contributed by atoms with Gasteiger partial charge in [0.2, 0.25) is 0 Å². The maximum absolute atomic E-state index is 8.71. The normalized spacial score (nSPS) is 12.4. The van der Waals surface area contributed by atoms with Crippen molar-refractivity contribution in [1.82, 2.24) is 0 Å². The topological polar surface area (TPSA) is 41.9 Å². The van der Waals surface area contributed by atoms with E-state index in [4.69, 9.17) is 14.6 Å². The number of aliphatic hydroxyl groups is 1. The van der Waals surface area contributed by atoms with Crippen molar-refractivity contribution in [3.63, 3.8) is 0 Å². The van der Waals surface area contributed by atoms with Gasteiger partial charge < -0.3 is 19.5 Å². The molecule has 0 bridgehead atoms. The van der Waals surface area contributed by atoms with E-state index in [9.17, 15) is 0 Å². The summed E-state index contributed by atoms with van der Waals surface area (Å²) >= 11 is 0. The minimum Gasteiger partial charge on any atom is -0.394 e. The number of ether oxygens (including phenoxy) is 2. The quantitative estimate of drug-likeness (QED) is 0.637. The van der Waals surface area contributed by atoms with Crippen molar-refractivity contribution in [3.05, 3.63) is 29.8 Å². The van der Waals surface area contributed by atoms with Crippen LogP contribution in [0.15, 0.2) is 24.3 Å². The van der Waals surface area contributed by atoms with Crippen LogP contribution in [0.4, 0.5) is 5.69 Å². The van der Waals surface area contributed by atoms with Crippen LogP contribution in [0.2, 0.25) is 0 Å². The van der Waals surface area contributed by atoms with Gasteiger partial charge in [0.1, 0.15) is 0 Å². The van der Waals surface area contributed by atoms with Gasteiger partial charge in [-0.15, -0.1) is 0 Å². The fraction of sp³-hybridized carbons (Fsp3) is 0.647. The summed E-state index contributed by atoms with van der Waals surface area (Å²) in [7, 11) is 0. The lowest BCUT2D eigenvalue weighted by Crippen LogP contribution is -2.30. The number of aryl methyl sites for hydroxylation is 1. The third-order valence-electron chi connectivity index (χ3n) is 3.46. The number of hydrogen-bond donors (Lipinski definition) is 1. The molecule has 0 heterocycles. The molecule has 1 atom stereocenters. The van der Waals surface area contributed by atoms with E-state index in [2.05, 4.69) is 49.9 Å². The predicted octanol–water partition coefficient (Wildman–Crippen LogP) is 2.63. The molecule has 1 aromatic rings. The molecule has 0 fully saturated rings. The van der Waals surface area contributed by atoms with Gasteiger partial charge in [-0.1, -0.05) is 19.1 Å². The van der Waals surface area contributed by atoms with Crippen molar-refractivity contribution in [2.24, 2.45) is 0 Å². The van der Waals surface area contributed by atoms with Gasteiger partial charge in [0.05, 0.1) is 32.5 Å². The number of anilines is 1. The Kier molecular flexibility index (Phi) is 9.06. The Morgan fingerprint density at radius 1 is 1.24 bits per heavy atom. The Morgan fingerprint density at radius 2 is 2.05 bits per heavy atom. The minimum atomic E-state index is 0.0629. The Morgan fingerprint density at radius 3 is 2.67 bits per heavy atom. The number of aliphatic hydroxyl groups excluding tert-OH is 1. The molecule has 1 unspecified atom stereocenters. The van der Waals surface area contributed by atoms with Crippen LogP contribution in [0.5, 0.6) is 0 Å². The first-order chi connectivity index (χ1) is 10.2. The van der Waals surface area contributed by atoms with E-state index in [0.717, 1.165) is 19.5 Å². The van der Waals surface area contributed by atoms with Crippen molar-refractivity contribution >= 4 is 5.69 Å². The molecular weight excluding hydrogens is 266 g/mol. The highest BCUT2D eigenvalue weighted by Crippen LogP contribution is 2.15. The zero-order valence-corrected chi connectivity index (χ0v) is 13.5. The number of rotatable bonds is 11. The second-order valence-electron chi connectivity index (χ2n) is 5.12. The highest BCUT2D eigenvalue weighted by atomic mass is 16.5. The van der Waals surface area contributed by atoms with E-state index in [0.29, 0.717) is 19.8 Å². The monoisotopic (exact) mass is 295 g/mol.